The molecule has 0 amide bonds. The Bertz CT molecular complexity index is 3970. The Morgan fingerprint density at radius 2 is 0.980 bits per heavy atom. The van der Waals surface area contributed by atoms with Crippen molar-refractivity contribution in [3.05, 3.63) is 244 Å². The number of anilines is 2. The van der Waals surface area contributed by atoms with Crippen LogP contribution in [0, 0.1) is 34.9 Å². The number of sulfonamides is 1. The van der Waals surface area contributed by atoms with Crippen molar-refractivity contribution in [2.75, 3.05) is 35.2 Å². The third-order valence-electron chi connectivity index (χ3n) is 13.7. The Kier molecular flexibility index (Phi) is 31.4. The second-order valence-corrected chi connectivity index (χ2v) is 24.4. The summed E-state index contributed by atoms with van der Waals surface area (Å²) in [5.41, 5.74) is -2.88. The van der Waals surface area contributed by atoms with E-state index < -0.39 is 115 Å². The Morgan fingerprint density at radius 3 is 1.34 bits per heavy atom. The second-order valence-electron chi connectivity index (χ2n) is 21.6. The molecule has 1 aliphatic carbocycles. The van der Waals surface area contributed by atoms with Gasteiger partial charge in [0, 0.05) is 22.7 Å². The fourth-order valence-electron chi connectivity index (χ4n) is 8.87. The molecule has 1 heterocycles. The molecule has 0 radical (unpaired) electrons. The lowest BCUT2D eigenvalue weighted by Gasteiger charge is -2.41. The number of carboxylic acid groups (broad SMARTS) is 1. The molecule has 6 aromatic carbocycles. The summed E-state index contributed by atoms with van der Waals surface area (Å²) in [6.07, 6.45) is -19.1. The number of hydrogen-bond donors (Lipinski definition) is 4. The van der Waals surface area contributed by atoms with Crippen molar-refractivity contribution < 1.29 is 116 Å². The summed E-state index contributed by atoms with van der Waals surface area (Å²) >= 11 is 8.31. The minimum Gasteiger partial charge on any atom is -0.483 e. The topological polar surface area (TPSA) is 145 Å². The van der Waals surface area contributed by atoms with Crippen molar-refractivity contribution in [2.24, 2.45) is 0 Å². The van der Waals surface area contributed by atoms with Gasteiger partial charge in [0.25, 0.3) is 16.5 Å². The van der Waals surface area contributed by atoms with Crippen LogP contribution in [0.1, 0.15) is 94.7 Å². The highest BCUT2D eigenvalue weighted by Crippen LogP contribution is 2.42. The predicted molar refractivity (Wildman–Crippen MR) is 345 cm³/mol. The highest BCUT2D eigenvalue weighted by atomic mass is 127. The third-order valence-corrected chi connectivity index (χ3v) is 16.3. The molecule has 0 aliphatic heterocycles. The van der Waals surface area contributed by atoms with Gasteiger partial charge in [0.05, 0.1) is 45.1 Å². The number of aliphatic hydroxyl groups is 1. The van der Waals surface area contributed by atoms with Gasteiger partial charge in [-0.1, -0.05) is 71.7 Å². The van der Waals surface area contributed by atoms with Crippen LogP contribution in [0.25, 0.3) is 22.3 Å². The van der Waals surface area contributed by atoms with Crippen molar-refractivity contribution in [1.29, 1.82) is 0 Å². The molecule has 544 valence electrons. The lowest BCUT2D eigenvalue weighted by molar-refractivity contribution is -0.138. The number of benzene rings is 6. The lowest BCUT2D eigenvalue weighted by Crippen LogP contribution is -2.47. The number of rotatable bonds is 13. The van der Waals surface area contributed by atoms with Gasteiger partial charge in [-0.25, -0.2) is 44.7 Å². The highest BCUT2D eigenvalue weighted by molar-refractivity contribution is 14.1. The summed E-state index contributed by atoms with van der Waals surface area (Å²) in [6.45, 7) is 16.1. The van der Waals surface area contributed by atoms with Gasteiger partial charge >= 0.3 is 30.9 Å². The van der Waals surface area contributed by atoms with E-state index in [1.165, 1.54) is 26.1 Å². The van der Waals surface area contributed by atoms with E-state index in [9.17, 15) is 96.2 Å². The predicted octanol–water partition coefficient (Wildman–Crippen LogP) is 20.5. The summed E-state index contributed by atoms with van der Waals surface area (Å²) in [5, 5.41) is 18.7. The number of likely N-dealkylation sites (N-methyl/N-ethyl adjacent to an activating group) is 1. The number of nitrogens with one attached hydrogen (secondary N) is 2. The Morgan fingerprint density at radius 1 is 0.600 bits per heavy atom. The zero-order chi connectivity index (χ0) is 76.4. The normalized spacial score (nSPS) is 14.7. The maximum absolute atomic E-state index is 15.0. The van der Waals surface area contributed by atoms with Crippen LogP contribution in [0.15, 0.2) is 153 Å². The van der Waals surface area contributed by atoms with Gasteiger partial charge in [-0.3, -0.25) is 9.52 Å². The molecule has 0 unspecified atom stereocenters. The molecule has 7 aromatic rings. The zero-order valence-electron chi connectivity index (χ0n) is 52.3. The summed E-state index contributed by atoms with van der Waals surface area (Å²) < 4.78 is 295. The lowest BCUT2D eigenvalue weighted by atomic mass is 9.77. The summed E-state index contributed by atoms with van der Waals surface area (Å²) in [7, 11) is -0.749. The van der Waals surface area contributed by atoms with Gasteiger partial charge < -0.3 is 20.4 Å². The number of hydrogen-bond acceptors (Lipinski definition) is 8. The molecule has 10 nitrogen and oxygen atoms in total. The van der Waals surface area contributed by atoms with Crippen LogP contribution >= 0.6 is 34.2 Å². The van der Waals surface area contributed by atoms with E-state index in [0.29, 0.717) is 70.7 Å². The first kappa shape index (κ1) is 86.1. The SMILES string of the molecule is C=C(C)c1cc(F)cc(C(F)(F)F)c1.C=C(C)c1cc(F)cc(C(F)(F)F)c1.C=C(CI)c1cc(F)cc(C(F)(F)F)c1.C=C(CO)c1cc(F)cc(C(F)(F)F)c1.CN(C)[C@H]1C[C@@H](c2cc(F)cc(C(F)(F)F)c2)CC[C@@H]1Nc1cc(F)c(S(=O)(=O)Nc2ccncn2)cc1Cl.O=CO. The number of aromatic nitrogens is 2. The molecule has 0 saturated heterocycles. The van der Waals surface area contributed by atoms with Crippen LogP contribution in [0.4, 0.5) is 104 Å². The number of nitrogens with zero attached hydrogens (tertiary/aromatic N) is 3. The van der Waals surface area contributed by atoms with Crippen LogP contribution in [0.5, 0.6) is 0 Å². The number of halogens is 23. The molecule has 34 heteroatoms. The van der Waals surface area contributed by atoms with Crippen molar-refractivity contribution in [3.63, 3.8) is 0 Å². The van der Waals surface area contributed by atoms with Gasteiger partial charge in [0.15, 0.2) is 0 Å². The van der Waals surface area contributed by atoms with E-state index in [0.717, 1.165) is 79.1 Å². The molecule has 8 rings (SSSR count). The molecule has 0 bridgehead atoms. The van der Waals surface area contributed by atoms with Gasteiger partial charge in [-0.2, -0.15) is 65.9 Å². The Balaban J connectivity index is 0.000000354. The largest absolute Gasteiger partial charge is 0.483 e. The molecular weight excluding hydrogens is 1540 g/mol. The third kappa shape index (κ3) is 27.1. The van der Waals surface area contributed by atoms with Crippen molar-refractivity contribution in [3.8, 4) is 0 Å². The minimum atomic E-state index is -4.67. The molecular formula is C66H58ClF21IN5O5S. The van der Waals surface area contributed by atoms with Crippen molar-refractivity contribution in [1.82, 2.24) is 14.9 Å². The second kappa shape index (κ2) is 36.5. The summed E-state index contributed by atoms with van der Waals surface area (Å²) in [6, 6.07) is 14.5. The smallest absolute Gasteiger partial charge is 0.416 e. The number of allylic oxidation sites excluding steroid dienone is 3. The molecule has 1 aliphatic rings. The number of aliphatic hydroxyl groups excluding tert-OH is 1. The number of carbonyl (C=O) groups is 1. The zero-order valence-corrected chi connectivity index (χ0v) is 56.0. The standard InChI is InChI=1S/C25H25ClF5N5O2S.C10H7F4I.C10H8F4O.2C10H8F4.CH2O2/c1-36(2)22-9-14(15-7-16(25(29,30)31)10-17(27)8-15)3-4-20(22)34-21-12-19(28)23(11-18(21)26)39(37,38)35-24-5-6-32-13-33-24;2*1-6(5-15)7-2-8(10(12,13)14)4-9(11)3-7;2*1-6(2)7-3-8(10(12,13)14)5-9(11)4-7;2-1-3/h5-8,10-14,20,22,34H,3-4,9H2,1-2H3,(H,32,33,35);2-4H,1,5H2;2-4,15H,1,5H2;2*3-5H,1H2,2H3;1H,(H,2,3)/t14-,20-,22-;;;;;/m0...../s1. The maximum Gasteiger partial charge on any atom is 0.416 e. The minimum absolute atomic E-state index is 0.0417. The van der Waals surface area contributed by atoms with E-state index >= 15 is 4.39 Å². The molecule has 100 heavy (non-hydrogen) atoms. The fourth-order valence-corrected chi connectivity index (χ4v) is 10.7. The average Bonchev–Trinajstić information content (AvgIpc) is 0.793. The van der Waals surface area contributed by atoms with Crippen molar-refractivity contribution >= 4 is 84.5 Å². The van der Waals surface area contributed by atoms with E-state index in [1.54, 1.807) is 14.1 Å². The van der Waals surface area contributed by atoms with Gasteiger partial charge in [0.2, 0.25) is 0 Å². The molecule has 1 aromatic heterocycles. The first-order valence-corrected chi connectivity index (χ1v) is 31.4. The van der Waals surface area contributed by atoms with Gasteiger partial charge in [-0.15, -0.1) is 0 Å². The molecule has 4 N–H and O–H groups in total. The van der Waals surface area contributed by atoms with Crippen LogP contribution in [-0.2, 0) is 45.7 Å². The van der Waals surface area contributed by atoms with Crippen molar-refractivity contribution in [2.45, 2.75) is 86.9 Å². The summed E-state index contributed by atoms with van der Waals surface area (Å²) in [5.74, 6) is -6.09. The average molecular weight is 1590 g/mol. The van der Waals surface area contributed by atoms with E-state index in [4.69, 9.17) is 26.6 Å². The van der Waals surface area contributed by atoms with Gasteiger partial charge in [-0.05, 0) is 201 Å². The van der Waals surface area contributed by atoms with E-state index in [-0.39, 0.29) is 74.4 Å². The first-order chi connectivity index (χ1) is 45.9. The van der Waals surface area contributed by atoms with E-state index in [2.05, 4.69) is 46.3 Å². The maximum atomic E-state index is 15.0. The van der Waals surface area contributed by atoms with E-state index in [1.807, 2.05) is 27.5 Å². The molecule has 3 atom stereocenters. The van der Waals surface area contributed by atoms with Gasteiger partial charge in [0.1, 0.15) is 51.9 Å². The fraction of sp³-hybridized carbons (Fsp3) is 0.258. The molecule has 0 spiro atoms. The van der Waals surface area contributed by atoms with Crippen LogP contribution < -0.4 is 10.0 Å². The van der Waals surface area contributed by atoms with Crippen LogP contribution in [0.2, 0.25) is 5.02 Å². The first-order valence-electron chi connectivity index (χ1n) is 28.0. The Hall–Kier alpha value is -8.15. The summed E-state index contributed by atoms with van der Waals surface area (Å²) in [4.78, 5) is 17.0. The monoisotopic (exact) mass is 1590 g/mol. The molecule has 1 saturated carbocycles. The highest BCUT2D eigenvalue weighted by Gasteiger charge is 2.38. The molecule has 1 fully saturated rings. The Labute approximate surface area is 577 Å². The van der Waals surface area contributed by atoms with Crippen LogP contribution in [-0.4, -0.2) is 77.2 Å². The van der Waals surface area contributed by atoms with Crippen LogP contribution in [0.3, 0.4) is 0 Å². The quantitative estimate of drug-likeness (QED) is 0.0384. The number of alkyl halides is 16.